The molecule has 27 heavy (non-hydrogen) atoms. The number of nitrogens with one attached hydrogen (secondary N) is 1. The molecule has 1 unspecified atom stereocenters. The molecule has 148 valence electrons. The molecule has 1 N–H and O–H groups in total. The standard InChI is InChI=1S/C20H28N2O4S/c1-15(23)16-10-12-18(13-11-16)27(25,26)22-14-6-5-9-19(22)20(24)21-17-7-3-2-4-8-17/h10-13,17,19H,2-9,14H2,1H3,(H,21,24). The Morgan fingerprint density at radius 1 is 0.963 bits per heavy atom. The third-order valence-corrected chi connectivity index (χ3v) is 7.50. The topological polar surface area (TPSA) is 83.6 Å². The molecule has 0 radical (unpaired) electrons. The van der Waals surface area contributed by atoms with Gasteiger partial charge in [0.1, 0.15) is 6.04 Å². The highest BCUT2D eigenvalue weighted by atomic mass is 32.2. The second-order valence-corrected chi connectivity index (χ2v) is 9.44. The zero-order chi connectivity index (χ0) is 19.4. The van der Waals surface area contributed by atoms with Crippen LogP contribution in [-0.2, 0) is 14.8 Å². The minimum Gasteiger partial charge on any atom is -0.352 e. The zero-order valence-corrected chi connectivity index (χ0v) is 16.6. The van der Waals surface area contributed by atoms with Crippen LogP contribution in [0.3, 0.4) is 0 Å². The van der Waals surface area contributed by atoms with E-state index < -0.39 is 16.1 Å². The fourth-order valence-electron chi connectivity index (χ4n) is 4.00. The van der Waals surface area contributed by atoms with Gasteiger partial charge < -0.3 is 5.32 Å². The monoisotopic (exact) mass is 392 g/mol. The van der Waals surface area contributed by atoms with Crippen LogP contribution in [0.4, 0.5) is 0 Å². The van der Waals surface area contributed by atoms with Crippen LogP contribution in [0, 0.1) is 0 Å². The van der Waals surface area contributed by atoms with Gasteiger partial charge in [-0.05, 0) is 44.7 Å². The van der Waals surface area contributed by atoms with Crippen molar-refractivity contribution in [3.8, 4) is 0 Å². The van der Waals surface area contributed by atoms with E-state index in [1.807, 2.05) is 0 Å². The Morgan fingerprint density at radius 2 is 1.59 bits per heavy atom. The predicted molar refractivity (Wildman–Crippen MR) is 103 cm³/mol. The summed E-state index contributed by atoms with van der Waals surface area (Å²) in [6.07, 6.45) is 7.50. The Labute approximate surface area is 161 Å². The fourth-order valence-corrected chi connectivity index (χ4v) is 5.65. The van der Waals surface area contributed by atoms with Crippen molar-refractivity contribution in [2.75, 3.05) is 6.54 Å². The van der Waals surface area contributed by atoms with Crippen LogP contribution in [0.5, 0.6) is 0 Å². The summed E-state index contributed by atoms with van der Waals surface area (Å²) in [5.74, 6) is -0.285. The van der Waals surface area contributed by atoms with Crippen molar-refractivity contribution >= 4 is 21.7 Å². The predicted octanol–water partition coefficient (Wildman–Crippen LogP) is 2.88. The number of benzene rings is 1. The summed E-state index contributed by atoms with van der Waals surface area (Å²) < 4.78 is 27.6. The van der Waals surface area contributed by atoms with E-state index in [1.54, 1.807) is 0 Å². The molecule has 0 spiro atoms. The number of sulfonamides is 1. The molecule has 1 saturated heterocycles. The van der Waals surface area contributed by atoms with Gasteiger partial charge in [-0.3, -0.25) is 9.59 Å². The van der Waals surface area contributed by atoms with Crippen molar-refractivity contribution in [1.29, 1.82) is 0 Å². The molecule has 1 aromatic carbocycles. The van der Waals surface area contributed by atoms with E-state index in [0.717, 1.165) is 38.5 Å². The summed E-state index contributed by atoms with van der Waals surface area (Å²) in [6.45, 7) is 1.79. The molecule has 1 aliphatic carbocycles. The van der Waals surface area contributed by atoms with Gasteiger partial charge in [0.2, 0.25) is 15.9 Å². The number of hydrogen-bond donors (Lipinski definition) is 1. The first-order valence-electron chi connectivity index (χ1n) is 9.83. The molecule has 1 aromatic rings. The van der Waals surface area contributed by atoms with E-state index in [-0.39, 0.29) is 22.6 Å². The van der Waals surface area contributed by atoms with E-state index in [0.29, 0.717) is 18.5 Å². The second kappa shape index (κ2) is 8.52. The van der Waals surface area contributed by atoms with Gasteiger partial charge in [-0.15, -0.1) is 0 Å². The molecular formula is C20H28N2O4S. The van der Waals surface area contributed by atoms with Crippen LogP contribution in [0.15, 0.2) is 29.2 Å². The number of piperidine rings is 1. The number of carbonyl (C=O) groups is 2. The first-order valence-corrected chi connectivity index (χ1v) is 11.3. The number of carbonyl (C=O) groups excluding carboxylic acids is 2. The zero-order valence-electron chi connectivity index (χ0n) is 15.8. The quantitative estimate of drug-likeness (QED) is 0.781. The Hall–Kier alpha value is -1.73. The third-order valence-electron chi connectivity index (χ3n) is 5.58. The van der Waals surface area contributed by atoms with Crippen LogP contribution in [0.2, 0.25) is 0 Å². The Kier molecular flexibility index (Phi) is 6.32. The summed E-state index contributed by atoms with van der Waals surface area (Å²) in [5.41, 5.74) is 0.471. The molecule has 1 atom stereocenters. The highest BCUT2D eigenvalue weighted by molar-refractivity contribution is 7.89. The van der Waals surface area contributed by atoms with Gasteiger partial charge >= 0.3 is 0 Å². The molecule has 1 heterocycles. The van der Waals surface area contributed by atoms with Crippen LogP contribution in [-0.4, -0.2) is 43.0 Å². The second-order valence-electron chi connectivity index (χ2n) is 7.55. The van der Waals surface area contributed by atoms with Gasteiger partial charge in [-0.1, -0.05) is 37.8 Å². The Morgan fingerprint density at radius 3 is 2.22 bits per heavy atom. The maximum Gasteiger partial charge on any atom is 0.243 e. The van der Waals surface area contributed by atoms with Crippen LogP contribution in [0.1, 0.15) is 68.6 Å². The number of nitrogens with zero attached hydrogens (tertiary/aromatic N) is 1. The van der Waals surface area contributed by atoms with Crippen LogP contribution < -0.4 is 5.32 Å². The molecule has 2 aliphatic rings. The number of ketones is 1. The maximum atomic E-state index is 13.1. The van der Waals surface area contributed by atoms with Crippen molar-refractivity contribution in [3.05, 3.63) is 29.8 Å². The average molecular weight is 393 g/mol. The van der Waals surface area contributed by atoms with Gasteiger partial charge in [0.05, 0.1) is 4.90 Å². The minimum atomic E-state index is -3.78. The van der Waals surface area contributed by atoms with Crippen molar-refractivity contribution in [2.45, 2.75) is 75.3 Å². The molecule has 2 fully saturated rings. The van der Waals surface area contributed by atoms with Gasteiger partial charge in [0.25, 0.3) is 0 Å². The molecule has 0 bridgehead atoms. The lowest BCUT2D eigenvalue weighted by molar-refractivity contribution is -0.126. The van der Waals surface area contributed by atoms with Crippen molar-refractivity contribution in [2.24, 2.45) is 0 Å². The normalized spacial score (nSPS) is 22.3. The van der Waals surface area contributed by atoms with Crippen molar-refractivity contribution in [1.82, 2.24) is 9.62 Å². The van der Waals surface area contributed by atoms with Gasteiger partial charge in [-0.25, -0.2) is 8.42 Å². The molecular weight excluding hydrogens is 364 g/mol. The number of Topliss-reactive ketones (excluding diaryl/α,β-unsaturated/α-hetero) is 1. The highest BCUT2D eigenvalue weighted by Crippen LogP contribution is 2.26. The Bertz CT molecular complexity index is 783. The molecule has 1 amide bonds. The number of hydrogen-bond acceptors (Lipinski definition) is 4. The van der Waals surface area contributed by atoms with Crippen LogP contribution >= 0.6 is 0 Å². The first kappa shape index (κ1) is 20.0. The Balaban J connectivity index is 1.78. The van der Waals surface area contributed by atoms with E-state index in [2.05, 4.69) is 5.32 Å². The smallest absolute Gasteiger partial charge is 0.243 e. The van der Waals surface area contributed by atoms with Crippen molar-refractivity contribution in [3.63, 3.8) is 0 Å². The van der Waals surface area contributed by atoms with E-state index >= 15 is 0 Å². The first-order chi connectivity index (χ1) is 12.9. The SMILES string of the molecule is CC(=O)c1ccc(S(=O)(=O)N2CCCCC2C(=O)NC2CCCCC2)cc1. The van der Waals surface area contributed by atoms with E-state index in [9.17, 15) is 18.0 Å². The van der Waals surface area contributed by atoms with Crippen LogP contribution in [0.25, 0.3) is 0 Å². The van der Waals surface area contributed by atoms with E-state index in [1.165, 1.54) is 41.9 Å². The molecule has 1 saturated carbocycles. The molecule has 6 nitrogen and oxygen atoms in total. The molecule has 3 rings (SSSR count). The van der Waals surface area contributed by atoms with E-state index in [4.69, 9.17) is 0 Å². The van der Waals surface area contributed by atoms with Gasteiger partial charge in [0, 0.05) is 18.2 Å². The summed E-state index contributed by atoms with van der Waals surface area (Å²) in [5, 5.41) is 3.08. The number of amides is 1. The molecule has 0 aromatic heterocycles. The number of rotatable bonds is 5. The summed E-state index contributed by atoms with van der Waals surface area (Å²) in [6, 6.07) is 5.46. The molecule has 7 heteroatoms. The van der Waals surface area contributed by atoms with Gasteiger partial charge in [-0.2, -0.15) is 4.31 Å². The summed E-state index contributed by atoms with van der Waals surface area (Å²) in [7, 11) is -3.78. The maximum absolute atomic E-state index is 13.1. The van der Waals surface area contributed by atoms with Crippen molar-refractivity contribution < 1.29 is 18.0 Å². The minimum absolute atomic E-state index is 0.110. The third kappa shape index (κ3) is 4.58. The average Bonchev–Trinajstić information content (AvgIpc) is 2.69. The fraction of sp³-hybridized carbons (Fsp3) is 0.600. The summed E-state index contributed by atoms with van der Waals surface area (Å²) in [4.78, 5) is 24.4. The molecule has 1 aliphatic heterocycles. The highest BCUT2D eigenvalue weighted by Gasteiger charge is 2.38. The van der Waals surface area contributed by atoms with Gasteiger partial charge in [0.15, 0.2) is 5.78 Å². The lowest BCUT2D eigenvalue weighted by Gasteiger charge is -2.35. The summed E-state index contributed by atoms with van der Waals surface area (Å²) >= 11 is 0. The largest absolute Gasteiger partial charge is 0.352 e. The lowest BCUT2D eigenvalue weighted by Crippen LogP contribution is -2.53. The lowest BCUT2D eigenvalue weighted by atomic mass is 9.95.